The standard InChI is InChI=1S/C13H14O/c1-9-12-11(14)7-8-13(9,12)10-5-3-2-4-6-10/h2-6,9,12H,7-8H2,1H3. The van der Waals surface area contributed by atoms with Gasteiger partial charge in [0.05, 0.1) is 0 Å². The molecule has 1 nitrogen and oxygen atoms in total. The molecule has 3 unspecified atom stereocenters. The van der Waals surface area contributed by atoms with Gasteiger partial charge in [-0.15, -0.1) is 0 Å². The van der Waals surface area contributed by atoms with Gasteiger partial charge in [-0.2, -0.15) is 0 Å². The maximum absolute atomic E-state index is 11.6. The summed E-state index contributed by atoms with van der Waals surface area (Å²) >= 11 is 0. The minimum absolute atomic E-state index is 0.234. The summed E-state index contributed by atoms with van der Waals surface area (Å²) in [6, 6.07) is 10.5. The molecule has 3 rings (SSSR count). The van der Waals surface area contributed by atoms with E-state index in [-0.39, 0.29) is 5.41 Å². The van der Waals surface area contributed by atoms with Crippen molar-refractivity contribution < 1.29 is 4.79 Å². The Morgan fingerprint density at radius 2 is 2.00 bits per heavy atom. The second kappa shape index (κ2) is 2.47. The van der Waals surface area contributed by atoms with Crippen molar-refractivity contribution in [3.05, 3.63) is 35.9 Å². The van der Waals surface area contributed by atoms with Crippen molar-refractivity contribution in [3.8, 4) is 0 Å². The molecule has 3 atom stereocenters. The summed E-state index contributed by atoms with van der Waals surface area (Å²) in [6.07, 6.45) is 1.87. The van der Waals surface area contributed by atoms with Crippen molar-refractivity contribution >= 4 is 5.78 Å². The summed E-state index contributed by atoms with van der Waals surface area (Å²) in [5, 5.41) is 0. The van der Waals surface area contributed by atoms with Crippen LogP contribution >= 0.6 is 0 Å². The zero-order valence-corrected chi connectivity index (χ0v) is 8.36. The molecule has 2 aliphatic rings. The van der Waals surface area contributed by atoms with Gasteiger partial charge in [0.15, 0.2) is 0 Å². The van der Waals surface area contributed by atoms with E-state index in [2.05, 4.69) is 31.2 Å². The van der Waals surface area contributed by atoms with E-state index in [0.717, 1.165) is 12.8 Å². The molecular weight excluding hydrogens is 172 g/mol. The van der Waals surface area contributed by atoms with Gasteiger partial charge < -0.3 is 0 Å². The maximum atomic E-state index is 11.6. The SMILES string of the molecule is CC1C2C(=O)CCC12c1ccccc1. The quantitative estimate of drug-likeness (QED) is 0.658. The second-order valence-electron chi connectivity index (χ2n) is 4.64. The zero-order valence-electron chi connectivity index (χ0n) is 8.36. The minimum atomic E-state index is 0.234. The van der Waals surface area contributed by atoms with Crippen LogP contribution in [-0.2, 0) is 10.2 Å². The summed E-state index contributed by atoms with van der Waals surface area (Å²) in [4.78, 5) is 11.6. The molecule has 0 heterocycles. The lowest BCUT2D eigenvalue weighted by atomic mass is 9.91. The van der Waals surface area contributed by atoms with Crippen LogP contribution in [0.3, 0.4) is 0 Å². The van der Waals surface area contributed by atoms with Gasteiger partial charge in [-0.1, -0.05) is 37.3 Å². The van der Waals surface area contributed by atoms with Gasteiger partial charge in [-0.25, -0.2) is 0 Å². The molecule has 1 heteroatoms. The van der Waals surface area contributed by atoms with Gasteiger partial charge in [0, 0.05) is 17.8 Å². The molecule has 72 valence electrons. The summed E-state index contributed by atoms with van der Waals surface area (Å²) in [7, 11) is 0. The van der Waals surface area contributed by atoms with E-state index in [1.807, 2.05) is 6.07 Å². The maximum Gasteiger partial charge on any atom is 0.137 e. The highest BCUT2D eigenvalue weighted by atomic mass is 16.1. The van der Waals surface area contributed by atoms with Crippen LogP contribution in [0.15, 0.2) is 30.3 Å². The average molecular weight is 186 g/mol. The molecule has 1 aromatic carbocycles. The van der Waals surface area contributed by atoms with Crippen LogP contribution in [0.2, 0.25) is 0 Å². The van der Waals surface area contributed by atoms with E-state index in [0.29, 0.717) is 17.6 Å². The number of carbonyl (C=O) groups excluding carboxylic acids is 1. The van der Waals surface area contributed by atoms with Crippen molar-refractivity contribution in [1.29, 1.82) is 0 Å². The number of hydrogen-bond acceptors (Lipinski definition) is 1. The topological polar surface area (TPSA) is 17.1 Å². The van der Waals surface area contributed by atoms with E-state index < -0.39 is 0 Å². The predicted octanol–water partition coefficient (Wildman–Crippen LogP) is 2.55. The third-order valence-corrected chi connectivity index (χ3v) is 4.20. The Hall–Kier alpha value is -1.11. The highest BCUT2D eigenvalue weighted by molar-refractivity contribution is 5.90. The normalized spacial score (nSPS) is 39.6. The summed E-state index contributed by atoms with van der Waals surface area (Å²) in [5.74, 6) is 1.40. The van der Waals surface area contributed by atoms with Crippen LogP contribution < -0.4 is 0 Å². The fourth-order valence-electron chi connectivity index (χ4n) is 3.40. The first kappa shape index (κ1) is 8.22. The molecular formula is C13H14O. The van der Waals surface area contributed by atoms with Gasteiger partial charge in [-0.3, -0.25) is 4.79 Å². The first-order valence-electron chi connectivity index (χ1n) is 5.35. The number of ketones is 1. The Labute approximate surface area is 84.1 Å². The van der Waals surface area contributed by atoms with Crippen molar-refractivity contribution in [1.82, 2.24) is 0 Å². The van der Waals surface area contributed by atoms with Crippen molar-refractivity contribution in [3.63, 3.8) is 0 Å². The first-order chi connectivity index (χ1) is 6.77. The van der Waals surface area contributed by atoms with Crippen LogP contribution in [0.5, 0.6) is 0 Å². The van der Waals surface area contributed by atoms with Gasteiger partial charge >= 0.3 is 0 Å². The third kappa shape index (κ3) is 0.783. The zero-order chi connectivity index (χ0) is 9.76. The van der Waals surface area contributed by atoms with Crippen LogP contribution in [0.25, 0.3) is 0 Å². The molecule has 0 bridgehead atoms. The Kier molecular flexibility index (Phi) is 1.45. The molecule has 0 N–H and O–H groups in total. The summed E-state index contributed by atoms with van der Waals surface area (Å²) in [5.41, 5.74) is 1.61. The Balaban J connectivity index is 2.05. The number of carbonyl (C=O) groups is 1. The molecule has 2 aliphatic carbocycles. The number of benzene rings is 1. The van der Waals surface area contributed by atoms with E-state index in [1.165, 1.54) is 5.56 Å². The smallest absolute Gasteiger partial charge is 0.137 e. The Morgan fingerprint density at radius 1 is 1.29 bits per heavy atom. The van der Waals surface area contributed by atoms with Gasteiger partial charge in [0.2, 0.25) is 0 Å². The highest BCUT2D eigenvalue weighted by Crippen LogP contribution is 2.67. The molecule has 0 spiro atoms. The molecule has 2 saturated carbocycles. The van der Waals surface area contributed by atoms with E-state index in [4.69, 9.17) is 0 Å². The predicted molar refractivity (Wildman–Crippen MR) is 55.0 cm³/mol. The molecule has 1 aromatic rings. The van der Waals surface area contributed by atoms with Gasteiger partial charge in [-0.05, 0) is 17.9 Å². The lowest BCUT2D eigenvalue weighted by Crippen LogP contribution is -2.07. The number of Topliss-reactive ketones (excluding diaryl/α,β-unsaturated/α-hetero) is 1. The van der Waals surface area contributed by atoms with E-state index in [9.17, 15) is 4.79 Å². The molecule has 0 saturated heterocycles. The molecule has 0 aliphatic heterocycles. The molecule has 2 fully saturated rings. The number of rotatable bonds is 1. The summed E-state index contributed by atoms with van der Waals surface area (Å²) in [6.45, 7) is 2.22. The molecule has 0 aromatic heterocycles. The van der Waals surface area contributed by atoms with Crippen LogP contribution in [0, 0.1) is 11.8 Å². The Morgan fingerprint density at radius 3 is 2.57 bits per heavy atom. The van der Waals surface area contributed by atoms with Crippen molar-refractivity contribution in [2.75, 3.05) is 0 Å². The number of fused-ring (bicyclic) bond motifs is 1. The highest BCUT2D eigenvalue weighted by Gasteiger charge is 2.68. The fraction of sp³-hybridized carbons (Fsp3) is 0.462. The first-order valence-corrected chi connectivity index (χ1v) is 5.35. The van der Waals surface area contributed by atoms with Gasteiger partial charge in [0.25, 0.3) is 0 Å². The van der Waals surface area contributed by atoms with E-state index in [1.54, 1.807) is 0 Å². The van der Waals surface area contributed by atoms with Crippen LogP contribution in [0.1, 0.15) is 25.3 Å². The van der Waals surface area contributed by atoms with Crippen molar-refractivity contribution in [2.24, 2.45) is 11.8 Å². The van der Waals surface area contributed by atoms with Crippen molar-refractivity contribution in [2.45, 2.75) is 25.2 Å². The fourth-order valence-corrected chi connectivity index (χ4v) is 3.40. The second-order valence-corrected chi connectivity index (χ2v) is 4.64. The molecule has 0 amide bonds. The lowest BCUT2D eigenvalue weighted by Gasteiger charge is -2.12. The largest absolute Gasteiger partial charge is 0.299 e. The molecule has 14 heavy (non-hydrogen) atoms. The Bertz CT molecular complexity index is 381. The monoisotopic (exact) mass is 186 g/mol. The molecule has 0 radical (unpaired) electrons. The van der Waals surface area contributed by atoms with Crippen LogP contribution in [-0.4, -0.2) is 5.78 Å². The minimum Gasteiger partial charge on any atom is -0.299 e. The van der Waals surface area contributed by atoms with Crippen LogP contribution in [0.4, 0.5) is 0 Å². The van der Waals surface area contributed by atoms with E-state index >= 15 is 0 Å². The third-order valence-electron chi connectivity index (χ3n) is 4.20. The number of hydrogen-bond donors (Lipinski definition) is 0. The van der Waals surface area contributed by atoms with Gasteiger partial charge in [0.1, 0.15) is 5.78 Å². The lowest BCUT2D eigenvalue weighted by molar-refractivity contribution is -0.119. The summed E-state index contributed by atoms with van der Waals surface area (Å²) < 4.78 is 0. The average Bonchev–Trinajstić information content (AvgIpc) is 2.65.